The van der Waals surface area contributed by atoms with Crippen LogP contribution in [0.3, 0.4) is 0 Å². The number of benzene rings is 3. The van der Waals surface area contributed by atoms with Gasteiger partial charge in [0.25, 0.3) is 5.91 Å². The SMILES string of the molecule is CCC(NC(=O)c1ccc(Cl)cc1)C1c2cc(OC)c(OC)cc2CCN1Cc1ccccc1. The van der Waals surface area contributed by atoms with Gasteiger partial charge in [0.1, 0.15) is 0 Å². The van der Waals surface area contributed by atoms with E-state index in [0.717, 1.165) is 31.7 Å². The van der Waals surface area contributed by atoms with Crippen LogP contribution >= 0.6 is 11.6 Å². The highest BCUT2D eigenvalue weighted by Gasteiger charge is 2.35. The van der Waals surface area contributed by atoms with Gasteiger partial charge < -0.3 is 14.8 Å². The first-order valence-electron chi connectivity index (χ1n) is 11.6. The Morgan fingerprint density at radius 1 is 1.06 bits per heavy atom. The van der Waals surface area contributed by atoms with Gasteiger partial charge in [-0.3, -0.25) is 9.69 Å². The number of ether oxygens (including phenoxy) is 2. The van der Waals surface area contributed by atoms with Crippen molar-refractivity contribution in [2.45, 2.75) is 38.4 Å². The number of fused-ring (bicyclic) bond motifs is 1. The minimum atomic E-state index is -0.101. The van der Waals surface area contributed by atoms with Crippen molar-refractivity contribution in [3.63, 3.8) is 0 Å². The number of rotatable bonds is 8. The largest absolute Gasteiger partial charge is 0.493 e. The molecule has 0 aromatic heterocycles. The van der Waals surface area contributed by atoms with E-state index < -0.39 is 0 Å². The normalized spacial score (nSPS) is 16.4. The van der Waals surface area contributed by atoms with Crippen LogP contribution in [0, 0.1) is 0 Å². The molecule has 0 bridgehead atoms. The summed E-state index contributed by atoms with van der Waals surface area (Å²) >= 11 is 6.02. The number of methoxy groups -OCH3 is 2. The lowest BCUT2D eigenvalue weighted by Gasteiger charge is -2.42. The average Bonchev–Trinajstić information content (AvgIpc) is 2.87. The molecule has 1 N–H and O–H groups in total. The molecule has 4 rings (SSSR count). The molecule has 1 aliphatic rings. The van der Waals surface area contributed by atoms with Crippen LogP contribution in [0.2, 0.25) is 5.02 Å². The van der Waals surface area contributed by atoms with Gasteiger partial charge in [-0.15, -0.1) is 0 Å². The maximum Gasteiger partial charge on any atom is 0.251 e. The summed E-state index contributed by atoms with van der Waals surface area (Å²) in [5, 5.41) is 3.91. The van der Waals surface area contributed by atoms with Crippen LogP contribution in [0.5, 0.6) is 11.5 Å². The number of nitrogens with zero attached hydrogens (tertiary/aromatic N) is 1. The molecule has 0 saturated carbocycles. The summed E-state index contributed by atoms with van der Waals surface area (Å²) in [7, 11) is 3.32. The van der Waals surface area contributed by atoms with Gasteiger partial charge >= 0.3 is 0 Å². The lowest BCUT2D eigenvalue weighted by molar-refractivity contribution is 0.0859. The van der Waals surface area contributed by atoms with Crippen molar-refractivity contribution in [1.82, 2.24) is 10.2 Å². The van der Waals surface area contributed by atoms with Crippen molar-refractivity contribution in [2.24, 2.45) is 0 Å². The summed E-state index contributed by atoms with van der Waals surface area (Å²) in [5.74, 6) is 1.33. The van der Waals surface area contributed by atoms with Gasteiger partial charge in [-0.2, -0.15) is 0 Å². The van der Waals surface area contributed by atoms with Gasteiger partial charge in [-0.25, -0.2) is 0 Å². The molecule has 6 heteroatoms. The van der Waals surface area contributed by atoms with Crippen molar-refractivity contribution < 1.29 is 14.3 Å². The van der Waals surface area contributed by atoms with E-state index in [1.165, 1.54) is 16.7 Å². The Kier molecular flexibility index (Phi) is 7.76. The van der Waals surface area contributed by atoms with E-state index in [1.807, 2.05) is 6.07 Å². The Morgan fingerprint density at radius 3 is 2.38 bits per heavy atom. The second-order valence-corrected chi connectivity index (χ2v) is 8.99. The lowest BCUT2D eigenvalue weighted by atomic mass is 9.86. The number of nitrogens with one attached hydrogen (secondary N) is 1. The summed E-state index contributed by atoms with van der Waals surface area (Å²) in [5.41, 5.74) is 4.24. The topological polar surface area (TPSA) is 50.8 Å². The molecule has 1 heterocycles. The second kappa shape index (κ2) is 10.9. The maximum absolute atomic E-state index is 13.2. The molecule has 2 atom stereocenters. The van der Waals surface area contributed by atoms with Crippen LogP contribution < -0.4 is 14.8 Å². The molecule has 1 aliphatic heterocycles. The first-order chi connectivity index (χ1) is 16.5. The van der Waals surface area contributed by atoms with Gasteiger partial charge in [0, 0.05) is 29.7 Å². The van der Waals surface area contributed by atoms with Crippen molar-refractivity contribution in [1.29, 1.82) is 0 Å². The van der Waals surface area contributed by atoms with Crippen LogP contribution in [0.1, 0.15) is 46.4 Å². The van der Waals surface area contributed by atoms with Gasteiger partial charge in [-0.05, 0) is 65.9 Å². The summed E-state index contributed by atoms with van der Waals surface area (Å²) < 4.78 is 11.2. The molecule has 0 spiro atoms. The van der Waals surface area contributed by atoms with E-state index in [9.17, 15) is 4.79 Å². The molecule has 3 aromatic carbocycles. The third-order valence-corrected chi connectivity index (χ3v) is 6.75. The predicted molar refractivity (Wildman–Crippen MR) is 136 cm³/mol. The van der Waals surface area contributed by atoms with E-state index in [2.05, 4.69) is 53.5 Å². The molecular formula is C28H31ClN2O3. The molecular weight excluding hydrogens is 448 g/mol. The minimum Gasteiger partial charge on any atom is -0.493 e. The van der Waals surface area contributed by atoms with Crippen LogP contribution in [0.15, 0.2) is 66.7 Å². The first-order valence-corrected chi connectivity index (χ1v) is 12.0. The third kappa shape index (κ3) is 5.21. The van der Waals surface area contributed by atoms with Crippen molar-refractivity contribution >= 4 is 17.5 Å². The molecule has 0 radical (unpaired) electrons. The van der Waals surface area contributed by atoms with E-state index >= 15 is 0 Å². The Morgan fingerprint density at radius 2 is 1.74 bits per heavy atom. The summed E-state index contributed by atoms with van der Waals surface area (Å²) in [6.45, 7) is 3.80. The summed E-state index contributed by atoms with van der Waals surface area (Å²) in [4.78, 5) is 15.6. The lowest BCUT2D eigenvalue weighted by Crippen LogP contribution is -2.48. The Labute approximate surface area is 206 Å². The Balaban J connectivity index is 1.71. The molecule has 2 unspecified atom stereocenters. The molecule has 34 heavy (non-hydrogen) atoms. The number of halogens is 1. The zero-order chi connectivity index (χ0) is 24.1. The van der Waals surface area contributed by atoms with Crippen LogP contribution in [-0.4, -0.2) is 37.6 Å². The minimum absolute atomic E-state index is 0.00925. The smallest absolute Gasteiger partial charge is 0.251 e. The van der Waals surface area contributed by atoms with Crippen LogP contribution in [-0.2, 0) is 13.0 Å². The quantitative estimate of drug-likeness (QED) is 0.453. The van der Waals surface area contributed by atoms with Gasteiger partial charge in [0.15, 0.2) is 11.5 Å². The monoisotopic (exact) mass is 478 g/mol. The van der Waals surface area contributed by atoms with Gasteiger partial charge in [0.05, 0.1) is 20.3 Å². The van der Waals surface area contributed by atoms with E-state index in [4.69, 9.17) is 21.1 Å². The fraction of sp³-hybridized carbons (Fsp3) is 0.321. The zero-order valence-corrected chi connectivity index (χ0v) is 20.6. The highest BCUT2D eigenvalue weighted by molar-refractivity contribution is 6.30. The maximum atomic E-state index is 13.2. The van der Waals surface area contributed by atoms with Crippen molar-refractivity contribution in [3.8, 4) is 11.5 Å². The van der Waals surface area contributed by atoms with Crippen molar-refractivity contribution in [3.05, 3.63) is 94.0 Å². The molecule has 1 amide bonds. The average molecular weight is 479 g/mol. The van der Waals surface area contributed by atoms with Gasteiger partial charge in [-0.1, -0.05) is 48.9 Å². The Hall–Kier alpha value is -3.02. The van der Waals surface area contributed by atoms with E-state index in [1.54, 1.807) is 38.5 Å². The van der Waals surface area contributed by atoms with Gasteiger partial charge in [0.2, 0.25) is 0 Å². The van der Waals surface area contributed by atoms with E-state index in [-0.39, 0.29) is 18.0 Å². The number of hydrogen-bond acceptors (Lipinski definition) is 4. The molecule has 3 aromatic rings. The standard InChI is InChI=1S/C28H31ClN2O3/c1-4-24(30-28(32)20-10-12-22(29)13-11-20)27-23-17-26(34-3)25(33-2)16-21(23)14-15-31(27)18-19-8-6-5-7-9-19/h5-13,16-17,24,27H,4,14-15,18H2,1-3H3,(H,30,32). The first kappa shape index (κ1) is 24.1. The second-order valence-electron chi connectivity index (χ2n) is 8.55. The highest BCUT2D eigenvalue weighted by atomic mass is 35.5. The number of carbonyl (C=O) groups is 1. The number of hydrogen-bond donors (Lipinski definition) is 1. The summed E-state index contributed by atoms with van der Waals surface area (Å²) in [6.07, 6.45) is 1.68. The number of amides is 1. The fourth-order valence-corrected chi connectivity index (χ4v) is 4.88. The molecule has 178 valence electrons. The van der Waals surface area contributed by atoms with Crippen molar-refractivity contribution in [2.75, 3.05) is 20.8 Å². The summed E-state index contributed by atoms with van der Waals surface area (Å²) in [6, 6.07) is 21.5. The molecule has 5 nitrogen and oxygen atoms in total. The zero-order valence-electron chi connectivity index (χ0n) is 19.9. The number of carbonyl (C=O) groups excluding carboxylic acids is 1. The third-order valence-electron chi connectivity index (χ3n) is 6.50. The van der Waals surface area contributed by atoms with E-state index in [0.29, 0.717) is 16.3 Å². The Bertz CT molecular complexity index is 1120. The van der Waals surface area contributed by atoms with Crippen LogP contribution in [0.4, 0.5) is 0 Å². The molecule has 0 aliphatic carbocycles. The predicted octanol–water partition coefficient (Wildman–Crippen LogP) is 5.67. The van der Waals surface area contributed by atoms with Crippen LogP contribution in [0.25, 0.3) is 0 Å². The fourth-order valence-electron chi connectivity index (χ4n) is 4.75. The molecule has 0 saturated heterocycles. The highest BCUT2D eigenvalue weighted by Crippen LogP contribution is 2.40. The molecule has 0 fully saturated rings.